The number of halogens is 3. The van der Waals surface area contributed by atoms with E-state index >= 15 is 0 Å². The van der Waals surface area contributed by atoms with Crippen molar-refractivity contribution in [2.45, 2.75) is 9.79 Å². The van der Waals surface area contributed by atoms with Crippen molar-refractivity contribution in [1.82, 2.24) is 0 Å². The molecular weight excluding hydrogens is 446 g/mol. The van der Waals surface area contributed by atoms with Crippen LogP contribution >= 0.6 is 11.6 Å². The van der Waals surface area contributed by atoms with Gasteiger partial charge in [0.25, 0.3) is 20.0 Å². The number of nitrogens with one attached hydrogen (secondary N) is 2. The van der Waals surface area contributed by atoms with Crippen LogP contribution in [-0.2, 0) is 20.0 Å². The van der Waals surface area contributed by atoms with E-state index in [1.54, 1.807) is 12.1 Å². The Morgan fingerprint density at radius 2 is 1.34 bits per heavy atom. The van der Waals surface area contributed by atoms with Gasteiger partial charge in [-0.3, -0.25) is 9.44 Å². The van der Waals surface area contributed by atoms with Gasteiger partial charge in [-0.15, -0.1) is 0 Å². The summed E-state index contributed by atoms with van der Waals surface area (Å²) in [6, 6.07) is 12.9. The molecule has 0 fully saturated rings. The summed E-state index contributed by atoms with van der Waals surface area (Å²) in [4.78, 5) is -1.01. The molecule has 6 nitrogen and oxygen atoms in total. The van der Waals surface area contributed by atoms with Crippen molar-refractivity contribution in [2.75, 3.05) is 9.44 Å². The molecule has 29 heavy (non-hydrogen) atoms. The van der Waals surface area contributed by atoms with Gasteiger partial charge in [0.1, 0.15) is 16.5 Å². The minimum Gasteiger partial charge on any atom is -0.280 e. The van der Waals surface area contributed by atoms with Crippen LogP contribution < -0.4 is 9.44 Å². The zero-order valence-corrected chi connectivity index (χ0v) is 16.8. The van der Waals surface area contributed by atoms with Gasteiger partial charge < -0.3 is 0 Å². The molecule has 0 aliphatic rings. The highest BCUT2D eigenvalue weighted by Gasteiger charge is 2.21. The highest BCUT2D eigenvalue weighted by Crippen LogP contribution is 2.24. The summed E-state index contributed by atoms with van der Waals surface area (Å²) in [5, 5.41) is 0.327. The zero-order valence-electron chi connectivity index (χ0n) is 14.4. The second kappa shape index (κ2) is 7.97. The van der Waals surface area contributed by atoms with E-state index in [1.165, 1.54) is 30.3 Å². The van der Waals surface area contributed by atoms with Crippen LogP contribution in [0.1, 0.15) is 0 Å². The monoisotopic (exact) mass is 458 g/mol. The Labute approximate surface area is 171 Å². The lowest BCUT2D eigenvalue weighted by Crippen LogP contribution is -2.16. The van der Waals surface area contributed by atoms with Gasteiger partial charge in [-0.25, -0.2) is 25.6 Å². The fourth-order valence-electron chi connectivity index (χ4n) is 2.40. The Morgan fingerprint density at radius 3 is 2.00 bits per heavy atom. The van der Waals surface area contributed by atoms with Crippen LogP contribution in [0.25, 0.3) is 0 Å². The molecule has 0 unspecified atom stereocenters. The number of benzene rings is 3. The second-order valence-corrected chi connectivity index (χ2v) is 9.59. The molecule has 0 bridgehead atoms. The van der Waals surface area contributed by atoms with E-state index in [9.17, 15) is 25.6 Å². The summed E-state index contributed by atoms with van der Waals surface area (Å²) >= 11 is 5.83. The van der Waals surface area contributed by atoms with Crippen molar-refractivity contribution >= 4 is 43.0 Å². The lowest BCUT2D eigenvalue weighted by molar-refractivity contribution is 0.551. The van der Waals surface area contributed by atoms with E-state index in [4.69, 9.17) is 11.6 Å². The van der Waals surface area contributed by atoms with Crippen LogP contribution in [0.2, 0.25) is 5.02 Å². The van der Waals surface area contributed by atoms with E-state index in [0.717, 1.165) is 18.2 Å². The van der Waals surface area contributed by atoms with Crippen molar-refractivity contribution < 1.29 is 25.6 Å². The topological polar surface area (TPSA) is 92.3 Å². The van der Waals surface area contributed by atoms with Crippen molar-refractivity contribution in [3.63, 3.8) is 0 Å². The summed E-state index contributed by atoms with van der Waals surface area (Å²) in [5.74, 6) is -2.20. The van der Waals surface area contributed by atoms with Gasteiger partial charge in [-0.05, 0) is 48.5 Å². The lowest BCUT2D eigenvalue weighted by atomic mass is 10.3. The average molecular weight is 459 g/mol. The van der Waals surface area contributed by atoms with Crippen LogP contribution in [0.4, 0.5) is 20.2 Å². The Kier molecular flexibility index (Phi) is 5.78. The second-order valence-electron chi connectivity index (χ2n) is 5.82. The summed E-state index contributed by atoms with van der Waals surface area (Å²) in [6.07, 6.45) is 0. The Morgan fingerprint density at radius 1 is 0.724 bits per heavy atom. The molecule has 152 valence electrons. The first-order chi connectivity index (χ1) is 13.6. The standard InChI is InChI=1S/C18H13ClF2N2O4S2/c19-12-3-1-4-14(9-12)22-28(24,25)16-6-2-5-15(11-16)23-29(26,27)18-8-7-13(20)10-17(18)21/h1-11,22-23H. The Hall–Kier alpha value is -2.69. The van der Waals surface area contributed by atoms with Crippen LogP contribution in [0.3, 0.4) is 0 Å². The van der Waals surface area contributed by atoms with Gasteiger partial charge in [0.05, 0.1) is 16.3 Å². The number of anilines is 2. The van der Waals surface area contributed by atoms with E-state index < -0.39 is 36.6 Å². The summed E-state index contributed by atoms with van der Waals surface area (Å²) < 4.78 is 81.1. The molecule has 0 atom stereocenters. The third kappa shape index (κ3) is 5.03. The molecule has 0 saturated carbocycles. The highest BCUT2D eigenvalue weighted by molar-refractivity contribution is 7.93. The third-order valence-corrected chi connectivity index (χ3v) is 6.69. The van der Waals surface area contributed by atoms with Crippen LogP contribution in [0, 0.1) is 11.6 Å². The van der Waals surface area contributed by atoms with Crippen molar-refractivity contribution in [3.05, 3.63) is 83.4 Å². The maximum absolute atomic E-state index is 13.8. The predicted octanol–water partition coefficient (Wildman–Crippen LogP) is 4.22. The Bertz CT molecular complexity index is 1280. The molecule has 0 aliphatic carbocycles. The number of rotatable bonds is 6. The summed E-state index contributed by atoms with van der Waals surface area (Å²) in [5.41, 5.74) is 0.0968. The molecule has 0 amide bonds. The van der Waals surface area contributed by atoms with Gasteiger partial charge >= 0.3 is 0 Å². The minimum absolute atomic E-state index is 0.123. The molecule has 0 heterocycles. The SMILES string of the molecule is O=S(=O)(Nc1cccc(Cl)c1)c1cccc(NS(=O)(=O)c2ccc(F)cc2F)c1. The number of hydrogen-bond acceptors (Lipinski definition) is 4. The lowest BCUT2D eigenvalue weighted by Gasteiger charge is -2.12. The molecule has 0 spiro atoms. The van der Waals surface area contributed by atoms with Crippen molar-refractivity contribution in [3.8, 4) is 0 Å². The predicted molar refractivity (Wildman–Crippen MR) is 106 cm³/mol. The minimum atomic E-state index is -4.41. The van der Waals surface area contributed by atoms with Crippen LogP contribution in [0.5, 0.6) is 0 Å². The summed E-state index contributed by atoms with van der Waals surface area (Å²) in [7, 11) is -8.47. The van der Waals surface area contributed by atoms with E-state index in [1.807, 2.05) is 0 Å². The first-order valence-corrected chi connectivity index (χ1v) is 11.3. The molecule has 3 aromatic carbocycles. The molecule has 3 aromatic rings. The molecular formula is C18H13ClF2N2O4S2. The third-order valence-electron chi connectivity index (χ3n) is 3.66. The maximum Gasteiger partial charge on any atom is 0.264 e. The van der Waals surface area contributed by atoms with Gasteiger partial charge in [0, 0.05) is 11.1 Å². The fourth-order valence-corrected chi connectivity index (χ4v) is 4.79. The zero-order chi connectivity index (χ0) is 21.2. The molecule has 0 aromatic heterocycles. The highest BCUT2D eigenvalue weighted by atomic mass is 35.5. The molecule has 11 heteroatoms. The van der Waals surface area contributed by atoms with Gasteiger partial charge in [-0.1, -0.05) is 23.7 Å². The number of hydrogen-bond donors (Lipinski definition) is 2. The van der Waals surface area contributed by atoms with Gasteiger partial charge in [0.2, 0.25) is 0 Å². The first-order valence-electron chi connectivity index (χ1n) is 7.93. The van der Waals surface area contributed by atoms with E-state index in [2.05, 4.69) is 9.44 Å². The molecule has 2 N–H and O–H groups in total. The molecule has 0 radical (unpaired) electrons. The van der Waals surface area contributed by atoms with E-state index in [0.29, 0.717) is 11.1 Å². The first kappa shape index (κ1) is 21.0. The fraction of sp³-hybridized carbons (Fsp3) is 0. The van der Waals surface area contributed by atoms with Crippen LogP contribution in [0.15, 0.2) is 76.5 Å². The smallest absolute Gasteiger partial charge is 0.264 e. The normalized spacial score (nSPS) is 11.8. The van der Waals surface area contributed by atoms with Crippen molar-refractivity contribution in [2.24, 2.45) is 0 Å². The van der Waals surface area contributed by atoms with Crippen molar-refractivity contribution in [1.29, 1.82) is 0 Å². The van der Waals surface area contributed by atoms with E-state index in [-0.39, 0.29) is 16.3 Å². The average Bonchev–Trinajstić information content (AvgIpc) is 2.61. The Balaban J connectivity index is 1.89. The molecule has 0 aliphatic heterocycles. The summed E-state index contributed by atoms with van der Waals surface area (Å²) in [6.45, 7) is 0. The number of sulfonamides is 2. The quantitative estimate of drug-likeness (QED) is 0.578. The largest absolute Gasteiger partial charge is 0.280 e. The van der Waals surface area contributed by atoms with Crippen LogP contribution in [-0.4, -0.2) is 16.8 Å². The van der Waals surface area contributed by atoms with Gasteiger partial charge in [0.15, 0.2) is 0 Å². The maximum atomic E-state index is 13.8. The molecule has 3 rings (SSSR count). The molecule has 0 saturated heterocycles. The van der Waals surface area contributed by atoms with Gasteiger partial charge in [-0.2, -0.15) is 0 Å².